The molecule has 20 heavy (non-hydrogen) atoms. The van der Waals surface area contributed by atoms with Gasteiger partial charge in [0.2, 0.25) is 11.8 Å². The number of rotatable bonds is 6. The number of thioether (sulfide) groups is 1. The molecule has 2 rings (SSSR count). The van der Waals surface area contributed by atoms with Crippen LogP contribution in [0.5, 0.6) is 0 Å². The number of amides is 3. The second kappa shape index (κ2) is 6.95. The van der Waals surface area contributed by atoms with Gasteiger partial charge >= 0.3 is 0 Å². The van der Waals surface area contributed by atoms with E-state index in [2.05, 4.69) is 10.6 Å². The predicted molar refractivity (Wildman–Crippen MR) is 77.5 cm³/mol. The van der Waals surface area contributed by atoms with Gasteiger partial charge in [0.05, 0.1) is 12.3 Å². The molecular weight excluding hydrogens is 278 g/mol. The summed E-state index contributed by atoms with van der Waals surface area (Å²) >= 11 is 0.992. The summed E-state index contributed by atoms with van der Waals surface area (Å²) < 4.78 is 0. The molecule has 1 fully saturated rings. The Bertz CT molecular complexity index is 491. The maximum absolute atomic E-state index is 11.6. The van der Waals surface area contributed by atoms with E-state index in [9.17, 15) is 14.4 Å². The van der Waals surface area contributed by atoms with Gasteiger partial charge < -0.3 is 10.6 Å². The molecule has 106 valence electrons. The van der Waals surface area contributed by atoms with E-state index in [0.717, 1.165) is 22.3 Å². The fourth-order valence-electron chi connectivity index (χ4n) is 1.71. The van der Waals surface area contributed by atoms with Gasteiger partial charge in [-0.25, -0.2) is 0 Å². The van der Waals surface area contributed by atoms with Crippen LogP contribution in [0.15, 0.2) is 30.3 Å². The largest absolute Gasteiger partial charge is 0.376 e. The summed E-state index contributed by atoms with van der Waals surface area (Å²) in [5.74, 6) is -0.181. The van der Waals surface area contributed by atoms with Crippen LogP contribution in [0.4, 0.5) is 10.5 Å². The molecule has 0 aliphatic carbocycles. The highest BCUT2D eigenvalue weighted by molar-refractivity contribution is 8.14. The highest BCUT2D eigenvalue weighted by Gasteiger charge is 2.29. The highest BCUT2D eigenvalue weighted by Crippen LogP contribution is 2.17. The lowest BCUT2D eigenvalue weighted by molar-refractivity contribution is -0.125. The summed E-state index contributed by atoms with van der Waals surface area (Å²) in [6, 6.07) is 9.39. The van der Waals surface area contributed by atoms with Crippen LogP contribution in [-0.4, -0.2) is 47.3 Å². The average Bonchev–Trinajstić information content (AvgIpc) is 2.78. The van der Waals surface area contributed by atoms with Gasteiger partial charge in [0.25, 0.3) is 5.24 Å². The minimum Gasteiger partial charge on any atom is -0.376 e. The van der Waals surface area contributed by atoms with Crippen molar-refractivity contribution < 1.29 is 14.4 Å². The number of nitrogens with one attached hydrogen (secondary N) is 2. The molecule has 0 radical (unpaired) electrons. The fourth-order valence-corrected chi connectivity index (χ4v) is 2.46. The molecule has 0 bridgehead atoms. The molecule has 6 nitrogen and oxygen atoms in total. The zero-order chi connectivity index (χ0) is 14.4. The average molecular weight is 293 g/mol. The van der Waals surface area contributed by atoms with Crippen molar-refractivity contribution in [2.45, 2.75) is 0 Å². The van der Waals surface area contributed by atoms with E-state index in [4.69, 9.17) is 0 Å². The standard InChI is InChI=1S/C13H15N3O3S/c17-11(8-15-10-4-2-1-3-5-10)14-6-7-16-12(18)9-20-13(16)19/h1-5,15H,6-9H2,(H,14,17). The zero-order valence-corrected chi connectivity index (χ0v) is 11.6. The molecule has 0 spiro atoms. The van der Waals surface area contributed by atoms with Crippen molar-refractivity contribution in [3.8, 4) is 0 Å². The van der Waals surface area contributed by atoms with Gasteiger partial charge in [-0.1, -0.05) is 30.0 Å². The molecule has 0 atom stereocenters. The van der Waals surface area contributed by atoms with E-state index in [1.165, 1.54) is 0 Å². The molecule has 1 aliphatic heterocycles. The van der Waals surface area contributed by atoms with Crippen molar-refractivity contribution in [3.63, 3.8) is 0 Å². The Kier molecular flexibility index (Phi) is 5.00. The topological polar surface area (TPSA) is 78.5 Å². The van der Waals surface area contributed by atoms with Gasteiger partial charge in [-0.05, 0) is 12.1 Å². The van der Waals surface area contributed by atoms with E-state index in [0.29, 0.717) is 0 Å². The number of benzene rings is 1. The number of hydrogen-bond donors (Lipinski definition) is 2. The van der Waals surface area contributed by atoms with Crippen LogP contribution < -0.4 is 10.6 Å². The van der Waals surface area contributed by atoms with E-state index in [1.807, 2.05) is 30.3 Å². The Morgan fingerprint density at radius 2 is 2.00 bits per heavy atom. The summed E-state index contributed by atoms with van der Waals surface area (Å²) in [5, 5.41) is 5.40. The van der Waals surface area contributed by atoms with Crippen LogP contribution in [0.25, 0.3) is 0 Å². The lowest BCUT2D eigenvalue weighted by atomic mass is 10.3. The van der Waals surface area contributed by atoms with Gasteiger partial charge in [0, 0.05) is 18.8 Å². The molecular formula is C13H15N3O3S. The fraction of sp³-hybridized carbons (Fsp3) is 0.308. The van der Waals surface area contributed by atoms with Crippen LogP contribution in [0.2, 0.25) is 0 Å². The molecule has 1 saturated heterocycles. The predicted octanol–water partition coefficient (Wildman–Crippen LogP) is 0.910. The van der Waals surface area contributed by atoms with Crippen molar-refractivity contribution >= 4 is 34.5 Å². The van der Waals surface area contributed by atoms with Crippen molar-refractivity contribution in [2.24, 2.45) is 0 Å². The van der Waals surface area contributed by atoms with Crippen LogP contribution in [0.3, 0.4) is 0 Å². The van der Waals surface area contributed by atoms with Crippen molar-refractivity contribution in [1.82, 2.24) is 10.2 Å². The number of carbonyl (C=O) groups excluding carboxylic acids is 3. The smallest absolute Gasteiger partial charge is 0.288 e. The van der Waals surface area contributed by atoms with Crippen molar-refractivity contribution in [3.05, 3.63) is 30.3 Å². The number of imide groups is 1. The third-order valence-corrected chi connectivity index (χ3v) is 3.58. The molecule has 1 aromatic rings. The van der Waals surface area contributed by atoms with E-state index in [-0.39, 0.29) is 42.4 Å². The minimum absolute atomic E-state index is 0.153. The van der Waals surface area contributed by atoms with Crippen LogP contribution in [0.1, 0.15) is 0 Å². The lowest BCUT2D eigenvalue weighted by Crippen LogP contribution is -2.39. The van der Waals surface area contributed by atoms with Gasteiger partial charge in [0.15, 0.2) is 0 Å². The third kappa shape index (κ3) is 3.99. The second-order valence-corrected chi connectivity index (χ2v) is 5.10. The van der Waals surface area contributed by atoms with Crippen LogP contribution in [0, 0.1) is 0 Å². The molecule has 1 aromatic carbocycles. The highest BCUT2D eigenvalue weighted by atomic mass is 32.2. The third-order valence-electron chi connectivity index (χ3n) is 2.72. The second-order valence-electron chi connectivity index (χ2n) is 4.17. The normalized spacial score (nSPS) is 14.5. The quantitative estimate of drug-likeness (QED) is 0.815. The summed E-state index contributed by atoms with van der Waals surface area (Å²) in [6.45, 7) is 0.649. The van der Waals surface area contributed by atoms with Crippen molar-refractivity contribution in [2.75, 3.05) is 30.7 Å². The maximum Gasteiger partial charge on any atom is 0.288 e. The Balaban J connectivity index is 1.65. The molecule has 0 saturated carbocycles. The summed E-state index contributed by atoms with van der Waals surface area (Å²) in [4.78, 5) is 35.4. The lowest BCUT2D eigenvalue weighted by Gasteiger charge is -2.13. The summed E-state index contributed by atoms with van der Waals surface area (Å²) in [7, 11) is 0. The first-order chi connectivity index (χ1) is 9.66. The SMILES string of the molecule is O=C(CNc1ccccc1)NCCN1C(=O)CSC1=O. The van der Waals surface area contributed by atoms with Crippen LogP contribution >= 0.6 is 11.8 Å². The Hall–Kier alpha value is -2.02. The Labute approximate surface area is 120 Å². The van der Waals surface area contributed by atoms with E-state index in [1.54, 1.807) is 0 Å². The van der Waals surface area contributed by atoms with E-state index >= 15 is 0 Å². The number of carbonyl (C=O) groups is 3. The van der Waals surface area contributed by atoms with Gasteiger partial charge in [0.1, 0.15) is 0 Å². The maximum atomic E-state index is 11.6. The number of anilines is 1. The minimum atomic E-state index is -0.244. The first-order valence-electron chi connectivity index (χ1n) is 6.19. The molecule has 0 aromatic heterocycles. The van der Waals surface area contributed by atoms with Crippen molar-refractivity contribution in [1.29, 1.82) is 0 Å². The van der Waals surface area contributed by atoms with Gasteiger partial charge in [-0.2, -0.15) is 0 Å². The molecule has 3 amide bonds. The summed E-state index contributed by atoms with van der Waals surface area (Å²) in [5.41, 5.74) is 0.865. The Morgan fingerprint density at radius 3 is 2.65 bits per heavy atom. The number of para-hydroxylation sites is 1. The molecule has 7 heteroatoms. The molecule has 1 aliphatic rings. The number of hydrogen-bond acceptors (Lipinski definition) is 5. The van der Waals surface area contributed by atoms with Crippen LogP contribution in [-0.2, 0) is 9.59 Å². The molecule has 1 heterocycles. The zero-order valence-electron chi connectivity index (χ0n) is 10.8. The monoisotopic (exact) mass is 293 g/mol. The first kappa shape index (κ1) is 14.4. The molecule has 2 N–H and O–H groups in total. The summed E-state index contributed by atoms with van der Waals surface area (Å²) in [6.07, 6.45) is 0. The van der Waals surface area contributed by atoms with Gasteiger partial charge in [-0.15, -0.1) is 0 Å². The van der Waals surface area contributed by atoms with Gasteiger partial charge in [-0.3, -0.25) is 19.3 Å². The Morgan fingerprint density at radius 1 is 1.25 bits per heavy atom. The van der Waals surface area contributed by atoms with E-state index < -0.39 is 0 Å². The molecule has 0 unspecified atom stereocenters. The number of nitrogens with zero attached hydrogens (tertiary/aromatic N) is 1. The first-order valence-corrected chi connectivity index (χ1v) is 7.18.